The molecule has 1 unspecified atom stereocenters. The van der Waals surface area contributed by atoms with Crippen molar-refractivity contribution < 1.29 is 19.1 Å². The number of ether oxygens (including phenoxy) is 2. The Morgan fingerprint density at radius 1 is 1.09 bits per heavy atom. The van der Waals surface area contributed by atoms with Gasteiger partial charge >= 0.3 is 0 Å². The van der Waals surface area contributed by atoms with Crippen LogP contribution in [0, 0.1) is 0 Å². The highest BCUT2D eigenvalue weighted by Gasteiger charge is 2.29. The predicted molar refractivity (Wildman–Crippen MR) is 136 cm³/mol. The molecule has 0 radical (unpaired) electrons. The van der Waals surface area contributed by atoms with E-state index in [1.165, 1.54) is 18.3 Å². The molecular weight excluding hydrogens is 462 g/mol. The van der Waals surface area contributed by atoms with E-state index in [-0.39, 0.29) is 17.9 Å². The van der Waals surface area contributed by atoms with Gasteiger partial charge < -0.3 is 14.4 Å². The van der Waals surface area contributed by atoms with Crippen LogP contribution in [0.4, 0.5) is 10.8 Å². The van der Waals surface area contributed by atoms with Crippen LogP contribution in [0.15, 0.2) is 60.0 Å². The van der Waals surface area contributed by atoms with Gasteiger partial charge in [-0.1, -0.05) is 24.3 Å². The number of nitrogens with zero attached hydrogens (tertiary/aromatic N) is 3. The minimum absolute atomic E-state index is 0.00147. The summed E-state index contributed by atoms with van der Waals surface area (Å²) in [4.78, 5) is 33.4. The van der Waals surface area contributed by atoms with Crippen LogP contribution in [-0.2, 0) is 9.59 Å². The molecule has 2 aliphatic heterocycles. The summed E-state index contributed by atoms with van der Waals surface area (Å²) in [5, 5.41) is 2.42. The molecule has 2 aliphatic rings. The molecule has 1 aromatic heterocycles. The smallest absolute Gasteiger partial charge is 0.247 e. The summed E-state index contributed by atoms with van der Waals surface area (Å²) >= 11 is 1.37. The van der Waals surface area contributed by atoms with Crippen LogP contribution in [0.2, 0.25) is 0 Å². The van der Waals surface area contributed by atoms with E-state index in [0.29, 0.717) is 30.6 Å². The number of likely N-dealkylation sites (tertiary alicyclic amines) is 1. The number of rotatable bonds is 5. The van der Waals surface area contributed by atoms with Gasteiger partial charge in [-0.3, -0.25) is 14.5 Å². The van der Waals surface area contributed by atoms with Gasteiger partial charge in [-0.15, -0.1) is 11.3 Å². The van der Waals surface area contributed by atoms with Gasteiger partial charge in [0.2, 0.25) is 11.8 Å². The maximum absolute atomic E-state index is 13.1. The number of hydrogen-bond acceptors (Lipinski definition) is 6. The van der Waals surface area contributed by atoms with Crippen molar-refractivity contribution in [2.75, 3.05) is 24.7 Å². The Morgan fingerprint density at radius 3 is 2.69 bits per heavy atom. The standard InChI is InChI=1S/C27H27N3O4S/c1-19(31)30(22-7-3-2-4-8-22)27-28-21(18-35-27)11-13-26(32)29-14-5-9-23(29)20-10-12-24-25(17-20)34-16-6-15-33-24/h2-4,7-8,10-13,17-18,23H,5-6,9,14-16H2,1H3. The second kappa shape index (κ2) is 10.3. The molecule has 1 atom stereocenters. The van der Waals surface area contributed by atoms with Gasteiger partial charge in [-0.2, -0.15) is 0 Å². The van der Waals surface area contributed by atoms with Crippen LogP contribution < -0.4 is 14.4 Å². The van der Waals surface area contributed by atoms with E-state index < -0.39 is 0 Å². The minimum atomic E-state index is -0.118. The molecule has 1 fully saturated rings. The summed E-state index contributed by atoms with van der Waals surface area (Å²) in [6.45, 7) is 3.50. The molecular formula is C27H27N3O4S. The Labute approximate surface area is 208 Å². The lowest BCUT2D eigenvalue weighted by molar-refractivity contribution is -0.126. The lowest BCUT2D eigenvalue weighted by Crippen LogP contribution is -2.28. The summed E-state index contributed by atoms with van der Waals surface area (Å²) in [5.74, 6) is 1.34. The highest BCUT2D eigenvalue weighted by Crippen LogP contribution is 2.38. The van der Waals surface area contributed by atoms with Crippen LogP contribution in [-0.4, -0.2) is 41.5 Å². The number of carbonyl (C=O) groups excluding carboxylic acids is 2. The summed E-state index contributed by atoms with van der Waals surface area (Å²) in [5.41, 5.74) is 2.47. The first-order valence-electron chi connectivity index (χ1n) is 11.8. The quantitative estimate of drug-likeness (QED) is 0.451. The van der Waals surface area contributed by atoms with Crippen LogP contribution in [0.5, 0.6) is 11.5 Å². The van der Waals surface area contributed by atoms with E-state index in [1.54, 1.807) is 17.1 Å². The van der Waals surface area contributed by atoms with E-state index in [4.69, 9.17) is 9.47 Å². The maximum Gasteiger partial charge on any atom is 0.247 e. The fraction of sp³-hybridized carbons (Fsp3) is 0.296. The Hall–Kier alpha value is -3.65. The monoisotopic (exact) mass is 489 g/mol. The molecule has 0 spiro atoms. The number of para-hydroxylation sites is 1. The lowest BCUT2D eigenvalue weighted by Gasteiger charge is -2.24. The molecule has 3 heterocycles. The van der Waals surface area contributed by atoms with Crippen molar-refractivity contribution in [1.82, 2.24) is 9.88 Å². The largest absolute Gasteiger partial charge is 0.490 e. The Balaban J connectivity index is 1.30. The van der Waals surface area contributed by atoms with Gasteiger partial charge in [0.25, 0.3) is 0 Å². The van der Waals surface area contributed by atoms with Crippen molar-refractivity contribution in [3.05, 3.63) is 71.2 Å². The molecule has 180 valence electrons. The molecule has 35 heavy (non-hydrogen) atoms. The molecule has 2 aromatic carbocycles. The number of amides is 2. The van der Waals surface area contributed by atoms with Gasteiger partial charge in [-0.05, 0) is 48.7 Å². The van der Waals surface area contributed by atoms with Crippen LogP contribution >= 0.6 is 11.3 Å². The number of fused-ring (bicyclic) bond motifs is 1. The highest BCUT2D eigenvalue weighted by molar-refractivity contribution is 7.14. The van der Waals surface area contributed by atoms with Crippen molar-refractivity contribution in [3.8, 4) is 11.5 Å². The summed E-state index contributed by atoms with van der Waals surface area (Å²) in [6.07, 6.45) is 6.00. The molecule has 7 nitrogen and oxygen atoms in total. The van der Waals surface area contributed by atoms with Crippen molar-refractivity contribution in [1.29, 1.82) is 0 Å². The zero-order chi connectivity index (χ0) is 24.2. The average Bonchev–Trinajstić information content (AvgIpc) is 3.48. The third-order valence-electron chi connectivity index (χ3n) is 6.12. The van der Waals surface area contributed by atoms with Gasteiger partial charge in [-0.25, -0.2) is 4.98 Å². The fourth-order valence-electron chi connectivity index (χ4n) is 4.48. The Bertz CT molecular complexity index is 1240. The summed E-state index contributed by atoms with van der Waals surface area (Å²) in [6, 6.07) is 15.4. The van der Waals surface area contributed by atoms with Crippen molar-refractivity contribution in [2.45, 2.75) is 32.2 Å². The van der Waals surface area contributed by atoms with Gasteiger partial charge in [0.15, 0.2) is 16.6 Å². The van der Waals surface area contributed by atoms with Crippen LogP contribution in [0.1, 0.15) is 43.5 Å². The topological polar surface area (TPSA) is 72.0 Å². The lowest BCUT2D eigenvalue weighted by atomic mass is 10.0. The third kappa shape index (κ3) is 5.07. The summed E-state index contributed by atoms with van der Waals surface area (Å²) < 4.78 is 11.6. The zero-order valence-corrected chi connectivity index (χ0v) is 20.4. The second-order valence-electron chi connectivity index (χ2n) is 8.52. The molecule has 1 saturated heterocycles. The molecule has 3 aromatic rings. The number of aromatic nitrogens is 1. The number of anilines is 2. The minimum Gasteiger partial charge on any atom is -0.490 e. The summed E-state index contributed by atoms with van der Waals surface area (Å²) in [7, 11) is 0. The molecule has 8 heteroatoms. The van der Waals surface area contributed by atoms with Crippen molar-refractivity contribution >= 4 is 40.0 Å². The zero-order valence-electron chi connectivity index (χ0n) is 19.6. The third-order valence-corrected chi connectivity index (χ3v) is 6.96. The number of benzene rings is 2. The van der Waals surface area contributed by atoms with Gasteiger partial charge in [0.05, 0.1) is 30.6 Å². The van der Waals surface area contributed by atoms with E-state index >= 15 is 0 Å². The molecule has 0 N–H and O–H groups in total. The normalized spacial score (nSPS) is 17.4. The average molecular weight is 490 g/mol. The predicted octanol–water partition coefficient (Wildman–Crippen LogP) is 5.37. The number of carbonyl (C=O) groups is 2. The SMILES string of the molecule is CC(=O)N(c1ccccc1)c1nc(C=CC(=O)N2CCCC2c2ccc3c(c2)OCCCO3)cs1. The van der Waals surface area contributed by atoms with Crippen molar-refractivity contribution in [3.63, 3.8) is 0 Å². The van der Waals surface area contributed by atoms with E-state index in [9.17, 15) is 9.59 Å². The fourth-order valence-corrected chi connectivity index (χ4v) is 5.33. The number of hydrogen-bond donors (Lipinski definition) is 0. The molecule has 5 rings (SSSR count). The molecule has 0 aliphatic carbocycles. The first-order chi connectivity index (χ1) is 17.1. The Kier molecular flexibility index (Phi) is 6.81. The highest BCUT2D eigenvalue weighted by atomic mass is 32.1. The van der Waals surface area contributed by atoms with Crippen LogP contribution in [0.25, 0.3) is 6.08 Å². The van der Waals surface area contributed by atoms with Gasteiger partial charge in [0.1, 0.15) is 0 Å². The molecule has 0 bridgehead atoms. The number of thiazole rings is 1. The van der Waals surface area contributed by atoms with E-state index in [0.717, 1.165) is 42.0 Å². The van der Waals surface area contributed by atoms with Crippen molar-refractivity contribution in [2.24, 2.45) is 0 Å². The van der Waals surface area contributed by atoms with Crippen LogP contribution in [0.3, 0.4) is 0 Å². The Morgan fingerprint density at radius 2 is 1.89 bits per heavy atom. The van der Waals surface area contributed by atoms with E-state index in [1.807, 2.05) is 58.8 Å². The van der Waals surface area contributed by atoms with E-state index in [2.05, 4.69) is 4.98 Å². The van der Waals surface area contributed by atoms with Gasteiger partial charge in [0, 0.05) is 31.3 Å². The first kappa shape index (κ1) is 23.1. The molecule has 0 saturated carbocycles. The maximum atomic E-state index is 13.1. The molecule has 2 amide bonds. The first-order valence-corrected chi connectivity index (χ1v) is 12.7. The second-order valence-corrected chi connectivity index (χ2v) is 9.36.